The number of nitrogens with one attached hydrogen (secondary N) is 1. The molecule has 0 atom stereocenters. The topological polar surface area (TPSA) is 66.4 Å². The third-order valence-corrected chi connectivity index (χ3v) is 4.65. The number of phenolic OH excluding ortho intramolecular Hbond substituents is 1. The predicted octanol–water partition coefficient (Wildman–Crippen LogP) is 3.17. The first-order valence-electron chi connectivity index (χ1n) is 7.29. The lowest BCUT2D eigenvalue weighted by atomic mass is 10.1. The quantitative estimate of drug-likeness (QED) is 0.652. The molecule has 0 fully saturated rings. The molecule has 4 nitrogen and oxygen atoms in total. The van der Waals surface area contributed by atoms with E-state index in [-0.39, 0.29) is 18.0 Å². The molecule has 1 aromatic rings. The summed E-state index contributed by atoms with van der Waals surface area (Å²) in [7, 11) is -3.25. The fourth-order valence-electron chi connectivity index (χ4n) is 1.99. The molecule has 0 saturated heterocycles. The van der Waals surface area contributed by atoms with E-state index >= 15 is 0 Å². The highest BCUT2D eigenvalue weighted by Crippen LogP contribution is 2.15. The van der Waals surface area contributed by atoms with Crippen LogP contribution in [0.2, 0.25) is 0 Å². The van der Waals surface area contributed by atoms with E-state index in [9.17, 15) is 13.5 Å². The number of sulfonamides is 1. The summed E-state index contributed by atoms with van der Waals surface area (Å²) in [5.74, 6) is 0.280. The first kappa shape index (κ1) is 17.0. The number of rotatable bonds is 10. The van der Waals surface area contributed by atoms with Crippen LogP contribution in [0.4, 0.5) is 0 Å². The van der Waals surface area contributed by atoms with E-state index in [1.807, 2.05) is 0 Å². The van der Waals surface area contributed by atoms with E-state index in [2.05, 4.69) is 11.6 Å². The van der Waals surface area contributed by atoms with Crippen LogP contribution < -0.4 is 4.72 Å². The van der Waals surface area contributed by atoms with Gasteiger partial charge in [-0.1, -0.05) is 57.2 Å². The number of aromatic hydroxyl groups is 1. The Bertz CT molecular complexity index is 486. The van der Waals surface area contributed by atoms with Crippen molar-refractivity contribution in [3.05, 3.63) is 29.8 Å². The van der Waals surface area contributed by atoms with Crippen molar-refractivity contribution >= 4 is 10.0 Å². The minimum absolute atomic E-state index is 0.120. The average molecular weight is 299 g/mol. The van der Waals surface area contributed by atoms with Gasteiger partial charge >= 0.3 is 0 Å². The molecule has 0 aliphatic rings. The van der Waals surface area contributed by atoms with Crippen molar-refractivity contribution in [2.45, 2.75) is 52.0 Å². The molecule has 5 heteroatoms. The molecule has 0 unspecified atom stereocenters. The summed E-state index contributed by atoms with van der Waals surface area (Å²) in [6.07, 6.45) is 6.35. The molecule has 0 amide bonds. The van der Waals surface area contributed by atoms with E-state index in [4.69, 9.17) is 0 Å². The van der Waals surface area contributed by atoms with Crippen molar-refractivity contribution in [2.75, 3.05) is 5.75 Å². The van der Waals surface area contributed by atoms with Crippen LogP contribution in [-0.2, 0) is 16.6 Å². The number of hydrogen-bond donors (Lipinski definition) is 2. The molecule has 114 valence electrons. The number of para-hydroxylation sites is 1. The Morgan fingerprint density at radius 3 is 2.40 bits per heavy atom. The fourth-order valence-corrected chi connectivity index (χ4v) is 3.10. The average Bonchev–Trinajstić information content (AvgIpc) is 2.42. The normalized spacial score (nSPS) is 11.7. The summed E-state index contributed by atoms with van der Waals surface area (Å²) in [6, 6.07) is 6.75. The molecular formula is C15H25NO3S. The number of phenols is 1. The third-order valence-electron chi connectivity index (χ3n) is 3.24. The van der Waals surface area contributed by atoms with Crippen molar-refractivity contribution < 1.29 is 13.5 Å². The second-order valence-corrected chi connectivity index (χ2v) is 6.96. The van der Waals surface area contributed by atoms with Gasteiger partial charge in [-0.05, 0) is 12.5 Å². The van der Waals surface area contributed by atoms with Crippen LogP contribution in [0.5, 0.6) is 5.75 Å². The fraction of sp³-hybridized carbons (Fsp3) is 0.600. The maximum absolute atomic E-state index is 11.8. The van der Waals surface area contributed by atoms with Crippen molar-refractivity contribution in [1.82, 2.24) is 4.72 Å². The minimum atomic E-state index is -3.25. The third kappa shape index (κ3) is 6.91. The van der Waals surface area contributed by atoms with Gasteiger partial charge in [-0.3, -0.25) is 0 Å². The predicted molar refractivity (Wildman–Crippen MR) is 82.1 cm³/mol. The van der Waals surface area contributed by atoms with Gasteiger partial charge in [0.05, 0.1) is 5.75 Å². The van der Waals surface area contributed by atoms with E-state index in [1.165, 1.54) is 19.3 Å². The van der Waals surface area contributed by atoms with Crippen molar-refractivity contribution in [3.8, 4) is 5.75 Å². The first-order chi connectivity index (χ1) is 9.55. The molecule has 0 aliphatic heterocycles. The Hall–Kier alpha value is -1.07. The zero-order valence-corrected chi connectivity index (χ0v) is 13.0. The molecule has 1 rings (SSSR count). The van der Waals surface area contributed by atoms with Crippen LogP contribution in [0.1, 0.15) is 51.0 Å². The summed E-state index contributed by atoms with van der Waals surface area (Å²) in [6.45, 7) is 2.30. The van der Waals surface area contributed by atoms with Crippen LogP contribution >= 0.6 is 0 Å². The molecule has 0 aromatic heterocycles. The summed E-state index contributed by atoms with van der Waals surface area (Å²) >= 11 is 0. The van der Waals surface area contributed by atoms with E-state index in [0.717, 1.165) is 12.8 Å². The van der Waals surface area contributed by atoms with E-state index in [0.29, 0.717) is 12.0 Å². The van der Waals surface area contributed by atoms with Crippen LogP contribution in [0, 0.1) is 0 Å². The molecule has 0 spiro atoms. The summed E-state index contributed by atoms with van der Waals surface area (Å²) in [5, 5.41) is 9.57. The Kier molecular flexibility index (Phi) is 7.62. The van der Waals surface area contributed by atoms with Crippen molar-refractivity contribution in [3.63, 3.8) is 0 Å². The molecule has 0 heterocycles. The lowest BCUT2D eigenvalue weighted by Crippen LogP contribution is -2.25. The van der Waals surface area contributed by atoms with Gasteiger partial charge in [-0.15, -0.1) is 0 Å². The Morgan fingerprint density at radius 1 is 1.05 bits per heavy atom. The van der Waals surface area contributed by atoms with Crippen LogP contribution in [0.15, 0.2) is 24.3 Å². The Labute approximate surface area is 122 Å². The number of benzene rings is 1. The van der Waals surface area contributed by atoms with Gasteiger partial charge in [-0.25, -0.2) is 13.1 Å². The van der Waals surface area contributed by atoms with Gasteiger partial charge in [0.1, 0.15) is 5.75 Å². The molecule has 0 saturated carbocycles. The Balaban J connectivity index is 2.26. The summed E-state index contributed by atoms with van der Waals surface area (Å²) in [5.41, 5.74) is 0.596. The molecule has 1 aromatic carbocycles. The lowest BCUT2D eigenvalue weighted by molar-refractivity contribution is 0.467. The molecule has 0 aliphatic carbocycles. The highest BCUT2D eigenvalue weighted by Gasteiger charge is 2.10. The van der Waals surface area contributed by atoms with Crippen molar-refractivity contribution in [2.24, 2.45) is 0 Å². The molecule has 2 N–H and O–H groups in total. The zero-order valence-electron chi connectivity index (χ0n) is 12.1. The van der Waals surface area contributed by atoms with Crippen molar-refractivity contribution in [1.29, 1.82) is 0 Å². The molecule has 20 heavy (non-hydrogen) atoms. The maximum Gasteiger partial charge on any atom is 0.211 e. The highest BCUT2D eigenvalue weighted by molar-refractivity contribution is 7.89. The van der Waals surface area contributed by atoms with Gasteiger partial charge < -0.3 is 5.11 Å². The maximum atomic E-state index is 11.8. The van der Waals surface area contributed by atoms with Crippen LogP contribution in [0.3, 0.4) is 0 Å². The second kappa shape index (κ2) is 8.97. The van der Waals surface area contributed by atoms with Crippen LogP contribution in [0.25, 0.3) is 0 Å². The first-order valence-corrected chi connectivity index (χ1v) is 8.94. The van der Waals surface area contributed by atoms with Gasteiger partial charge in [0.2, 0.25) is 10.0 Å². The smallest absolute Gasteiger partial charge is 0.211 e. The SMILES string of the molecule is CCCCCCCCS(=O)(=O)NCc1ccccc1O. The van der Waals surface area contributed by atoms with E-state index < -0.39 is 10.0 Å². The zero-order chi connectivity index (χ0) is 14.8. The number of unbranched alkanes of at least 4 members (excludes halogenated alkanes) is 5. The summed E-state index contributed by atoms with van der Waals surface area (Å²) in [4.78, 5) is 0. The van der Waals surface area contributed by atoms with Gasteiger partial charge in [0.15, 0.2) is 0 Å². The van der Waals surface area contributed by atoms with Gasteiger partial charge in [-0.2, -0.15) is 0 Å². The van der Waals surface area contributed by atoms with E-state index in [1.54, 1.807) is 24.3 Å². The monoisotopic (exact) mass is 299 g/mol. The van der Waals surface area contributed by atoms with Crippen LogP contribution in [-0.4, -0.2) is 19.3 Å². The summed E-state index contributed by atoms with van der Waals surface area (Å²) < 4.78 is 26.2. The largest absolute Gasteiger partial charge is 0.508 e. The minimum Gasteiger partial charge on any atom is -0.508 e. The molecule has 0 bridgehead atoms. The molecule has 0 radical (unpaired) electrons. The standard InChI is InChI=1S/C15H25NO3S/c1-2-3-4-5-6-9-12-20(18,19)16-13-14-10-7-8-11-15(14)17/h7-8,10-11,16-17H,2-6,9,12-13H2,1H3. The second-order valence-electron chi connectivity index (χ2n) is 5.04. The number of hydrogen-bond acceptors (Lipinski definition) is 3. The Morgan fingerprint density at radius 2 is 1.70 bits per heavy atom. The van der Waals surface area contributed by atoms with Gasteiger partial charge in [0, 0.05) is 12.1 Å². The lowest BCUT2D eigenvalue weighted by Gasteiger charge is -2.08. The highest BCUT2D eigenvalue weighted by atomic mass is 32.2. The molecular weight excluding hydrogens is 274 g/mol. The van der Waals surface area contributed by atoms with Gasteiger partial charge in [0.25, 0.3) is 0 Å².